The fourth-order valence-electron chi connectivity index (χ4n) is 0.824. The number of rotatable bonds is 2. The zero-order valence-electron chi connectivity index (χ0n) is 7.19. The summed E-state index contributed by atoms with van der Waals surface area (Å²) in [6.45, 7) is 0. The van der Waals surface area contributed by atoms with Crippen molar-refractivity contribution in [1.82, 2.24) is 4.98 Å². The molecule has 13 heavy (non-hydrogen) atoms. The Bertz CT molecular complexity index is 291. The third-order valence-corrected chi connectivity index (χ3v) is 1.51. The Balaban J connectivity index is 0.00000144. The number of hydrogen-bond acceptors (Lipinski definition) is 4. The van der Waals surface area contributed by atoms with Gasteiger partial charge in [-0.15, -0.1) is 12.4 Å². The van der Waals surface area contributed by atoms with Gasteiger partial charge in [0.15, 0.2) is 0 Å². The van der Waals surface area contributed by atoms with Crippen molar-refractivity contribution in [2.24, 2.45) is 0 Å². The standard InChI is InChI=1S/C8H10N2O2.ClH/c1-12-8(11)4-6-2-3-10-5-7(6)9;/h2-3,5H,4,9H2,1H3;1H. The highest BCUT2D eigenvalue weighted by Crippen LogP contribution is 2.09. The predicted molar refractivity (Wildman–Crippen MR) is 51.6 cm³/mol. The van der Waals surface area contributed by atoms with Gasteiger partial charge < -0.3 is 10.5 Å². The van der Waals surface area contributed by atoms with Gasteiger partial charge in [-0.3, -0.25) is 9.78 Å². The monoisotopic (exact) mass is 202 g/mol. The van der Waals surface area contributed by atoms with Crippen LogP contribution in [0.5, 0.6) is 0 Å². The van der Waals surface area contributed by atoms with Gasteiger partial charge in [0.25, 0.3) is 0 Å². The van der Waals surface area contributed by atoms with E-state index in [-0.39, 0.29) is 24.8 Å². The fourth-order valence-corrected chi connectivity index (χ4v) is 0.824. The molecule has 0 saturated carbocycles. The number of ether oxygens (including phenoxy) is 1. The van der Waals surface area contributed by atoms with Gasteiger partial charge in [0.05, 0.1) is 25.4 Å². The maximum Gasteiger partial charge on any atom is 0.310 e. The Morgan fingerprint density at radius 3 is 2.92 bits per heavy atom. The smallest absolute Gasteiger partial charge is 0.310 e. The molecule has 72 valence electrons. The van der Waals surface area contributed by atoms with Crippen molar-refractivity contribution in [3.05, 3.63) is 24.0 Å². The average molecular weight is 203 g/mol. The highest BCUT2D eigenvalue weighted by Gasteiger charge is 2.04. The van der Waals surface area contributed by atoms with Crippen molar-refractivity contribution in [3.63, 3.8) is 0 Å². The van der Waals surface area contributed by atoms with E-state index in [0.29, 0.717) is 5.69 Å². The van der Waals surface area contributed by atoms with Crippen molar-refractivity contribution in [2.45, 2.75) is 6.42 Å². The summed E-state index contributed by atoms with van der Waals surface area (Å²) in [7, 11) is 1.35. The van der Waals surface area contributed by atoms with Gasteiger partial charge in [-0.1, -0.05) is 0 Å². The van der Waals surface area contributed by atoms with Gasteiger partial charge in [-0.2, -0.15) is 0 Å². The fraction of sp³-hybridized carbons (Fsp3) is 0.250. The van der Waals surface area contributed by atoms with Gasteiger partial charge in [0, 0.05) is 6.20 Å². The molecule has 0 spiro atoms. The first-order valence-electron chi connectivity index (χ1n) is 3.49. The van der Waals surface area contributed by atoms with Gasteiger partial charge in [0.2, 0.25) is 0 Å². The van der Waals surface area contributed by atoms with E-state index >= 15 is 0 Å². The molecule has 1 aromatic heterocycles. The lowest BCUT2D eigenvalue weighted by molar-refractivity contribution is -0.139. The Kier molecular flexibility index (Phi) is 4.84. The molecule has 1 heterocycles. The molecule has 0 amide bonds. The van der Waals surface area contributed by atoms with E-state index in [1.165, 1.54) is 13.3 Å². The van der Waals surface area contributed by atoms with Crippen molar-refractivity contribution in [2.75, 3.05) is 12.8 Å². The second-order valence-electron chi connectivity index (χ2n) is 2.33. The summed E-state index contributed by atoms with van der Waals surface area (Å²) < 4.78 is 4.49. The maximum absolute atomic E-state index is 10.8. The molecule has 0 aromatic carbocycles. The Morgan fingerprint density at radius 1 is 1.69 bits per heavy atom. The molecule has 5 heteroatoms. The second kappa shape index (κ2) is 5.37. The van der Waals surface area contributed by atoms with Crippen molar-refractivity contribution in [1.29, 1.82) is 0 Å². The second-order valence-corrected chi connectivity index (χ2v) is 2.33. The highest BCUT2D eigenvalue weighted by molar-refractivity contribution is 5.85. The molecule has 0 saturated heterocycles. The number of carbonyl (C=O) groups excluding carboxylic acids is 1. The minimum absolute atomic E-state index is 0. The van der Waals surface area contributed by atoms with Crippen LogP contribution < -0.4 is 5.73 Å². The quantitative estimate of drug-likeness (QED) is 0.721. The summed E-state index contributed by atoms with van der Waals surface area (Å²) in [6, 6.07) is 1.70. The van der Waals surface area contributed by atoms with Gasteiger partial charge in [-0.05, 0) is 11.6 Å². The molecular formula is C8H11ClN2O2. The first kappa shape index (κ1) is 11.7. The number of carbonyl (C=O) groups is 1. The lowest BCUT2D eigenvalue weighted by Crippen LogP contribution is -2.06. The molecule has 0 aliphatic carbocycles. The molecule has 0 aliphatic rings. The van der Waals surface area contributed by atoms with Crippen molar-refractivity contribution < 1.29 is 9.53 Å². The number of pyridine rings is 1. The third kappa shape index (κ3) is 3.29. The number of hydrogen-bond donors (Lipinski definition) is 1. The molecule has 0 fully saturated rings. The lowest BCUT2D eigenvalue weighted by Gasteiger charge is -2.01. The number of methoxy groups -OCH3 is 1. The molecule has 2 N–H and O–H groups in total. The molecule has 1 aromatic rings. The van der Waals surface area contributed by atoms with E-state index in [9.17, 15) is 4.79 Å². The van der Waals surface area contributed by atoms with Gasteiger partial charge in [-0.25, -0.2) is 0 Å². The van der Waals surface area contributed by atoms with Gasteiger partial charge in [0.1, 0.15) is 0 Å². The number of nitrogens with zero attached hydrogens (tertiary/aromatic N) is 1. The number of halogens is 1. The number of esters is 1. The zero-order valence-corrected chi connectivity index (χ0v) is 8.00. The molecule has 0 unspecified atom stereocenters. The maximum atomic E-state index is 10.8. The molecule has 0 aliphatic heterocycles. The molecule has 0 atom stereocenters. The lowest BCUT2D eigenvalue weighted by atomic mass is 10.2. The summed E-state index contributed by atoms with van der Waals surface area (Å²) in [5, 5.41) is 0. The first-order valence-corrected chi connectivity index (χ1v) is 3.49. The van der Waals surface area contributed by atoms with Crippen LogP contribution in [0.1, 0.15) is 5.56 Å². The van der Waals surface area contributed by atoms with E-state index in [1.54, 1.807) is 12.3 Å². The van der Waals surface area contributed by atoms with E-state index in [4.69, 9.17) is 5.73 Å². The molecule has 0 radical (unpaired) electrons. The number of anilines is 1. The molecule has 4 nitrogen and oxygen atoms in total. The Hall–Kier alpha value is -1.29. The summed E-state index contributed by atoms with van der Waals surface area (Å²) in [6.07, 6.45) is 3.30. The predicted octanol–water partition coefficient (Wildman–Crippen LogP) is 0.801. The van der Waals surface area contributed by atoms with E-state index in [0.717, 1.165) is 5.56 Å². The minimum atomic E-state index is -0.298. The van der Waals surface area contributed by atoms with Crippen LogP contribution in [0, 0.1) is 0 Å². The van der Waals surface area contributed by atoms with Crippen LogP contribution in [0.2, 0.25) is 0 Å². The van der Waals surface area contributed by atoms with E-state index in [1.807, 2.05) is 0 Å². The summed E-state index contributed by atoms with van der Waals surface area (Å²) in [4.78, 5) is 14.6. The topological polar surface area (TPSA) is 65.2 Å². The molecule has 0 bridgehead atoms. The summed E-state index contributed by atoms with van der Waals surface area (Å²) >= 11 is 0. The third-order valence-electron chi connectivity index (χ3n) is 1.51. The van der Waals surface area contributed by atoms with Crippen LogP contribution in [-0.2, 0) is 16.0 Å². The molecule has 1 rings (SSSR count). The average Bonchev–Trinajstić information content (AvgIpc) is 2.09. The van der Waals surface area contributed by atoms with Crippen molar-refractivity contribution in [3.8, 4) is 0 Å². The highest BCUT2D eigenvalue weighted by atomic mass is 35.5. The van der Waals surface area contributed by atoms with Crippen LogP contribution in [0.15, 0.2) is 18.5 Å². The van der Waals surface area contributed by atoms with E-state index < -0.39 is 0 Å². The van der Waals surface area contributed by atoms with Crippen molar-refractivity contribution >= 4 is 24.1 Å². The van der Waals surface area contributed by atoms with Crippen LogP contribution in [0.3, 0.4) is 0 Å². The van der Waals surface area contributed by atoms with Crippen LogP contribution in [0.25, 0.3) is 0 Å². The largest absolute Gasteiger partial charge is 0.469 e. The van der Waals surface area contributed by atoms with Crippen LogP contribution in [-0.4, -0.2) is 18.1 Å². The Morgan fingerprint density at radius 2 is 2.38 bits per heavy atom. The number of nitrogens with two attached hydrogens (primary N) is 1. The van der Waals surface area contributed by atoms with Gasteiger partial charge >= 0.3 is 5.97 Å². The van der Waals surface area contributed by atoms with Crippen LogP contribution >= 0.6 is 12.4 Å². The molecular weight excluding hydrogens is 192 g/mol. The minimum Gasteiger partial charge on any atom is -0.469 e. The summed E-state index contributed by atoms with van der Waals surface area (Å²) in [5.41, 5.74) is 6.82. The zero-order chi connectivity index (χ0) is 8.97. The normalized spacial score (nSPS) is 8.69. The van der Waals surface area contributed by atoms with E-state index in [2.05, 4.69) is 9.72 Å². The number of aromatic nitrogens is 1. The Labute approximate surface area is 82.5 Å². The number of nitrogen functional groups attached to an aromatic ring is 1. The first-order chi connectivity index (χ1) is 5.74. The SMILES string of the molecule is COC(=O)Cc1ccncc1N.Cl. The van der Waals surface area contributed by atoms with Crippen LogP contribution in [0.4, 0.5) is 5.69 Å². The summed E-state index contributed by atoms with van der Waals surface area (Å²) in [5.74, 6) is -0.298.